The van der Waals surface area contributed by atoms with E-state index >= 15 is 4.39 Å². The van der Waals surface area contributed by atoms with Crippen LogP contribution in [0.5, 0.6) is 17.8 Å². The number of anilines is 2. The van der Waals surface area contributed by atoms with Crippen molar-refractivity contribution < 1.29 is 28.2 Å². The third kappa shape index (κ3) is 3.69. The molecule has 1 spiro atoms. The molecule has 0 bridgehead atoms. The molecule has 13 heteroatoms. The van der Waals surface area contributed by atoms with Crippen LogP contribution in [0.4, 0.5) is 15.8 Å². The Balaban J connectivity index is 1.75. The Morgan fingerprint density at radius 2 is 1.60 bits per heavy atom. The van der Waals surface area contributed by atoms with Gasteiger partial charge in [0.2, 0.25) is 11.8 Å². The van der Waals surface area contributed by atoms with Gasteiger partial charge in [0.05, 0.1) is 32.6 Å². The summed E-state index contributed by atoms with van der Waals surface area (Å²) >= 11 is 12.6. The van der Waals surface area contributed by atoms with Crippen LogP contribution in [0.25, 0.3) is 5.69 Å². The number of hydrogen-bond acceptors (Lipinski definition) is 7. The van der Waals surface area contributed by atoms with Crippen LogP contribution in [0, 0.1) is 5.82 Å². The number of carbonyl (C=O) groups excluding carboxylic acids is 2. The lowest BCUT2D eigenvalue weighted by Crippen LogP contribution is -2.51. The molecule has 42 heavy (non-hydrogen) atoms. The topological polar surface area (TPSA) is 108 Å². The summed E-state index contributed by atoms with van der Waals surface area (Å²) in [6.45, 7) is 3.82. The summed E-state index contributed by atoms with van der Waals surface area (Å²) < 4.78 is 33.6. The Hall–Kier alpha value is -4.35. The SMILES string of the molecule is COc1nc(OC)c(-n2cc3c(c2C(C)C)C2(C(=O)Nc4cc(Cl)ccc42)N(c2cc(Cl)ccc2F)C3=O)c(OC)n1. The maximum Gasteiger partial charge on any atom is 0.322 e. The Labute approximate surface area is 249 Å². The van der Waals surface area contributed by atoms with Crippen molar-refractivity contribution in [2.24, 2.45) is 0 Å². The van der Waals surface area contributed by atoms with Crippen LogP contribution < -0.4 is 24.4 Å². The lowest BCUT2D eigenvalue weighted by atomic mass is 9.81. The fourth-order valence-corrected chi connectivity index (χ4v) is 6.20. The van der Waals surface area contributed by atoms with Crippen molar-refractivity contribution in [1.29, 1.82) is 0 Å². The van der Waals surface area contributed by atoms with E-state index in [2.05, 4.69) is 15.3 Å². The van der Waals surface area contributed by atoms with E-state index in [0.717, 1.165) is 6.07 Å². The first-order valence-electron chi connectivity index (χ1n) is 12.8. The molecule has 2 aromatic carbocycles. The first-order valence-corrected chi connectivity index (χ1v) is 13.5. The third-order valence-electron chi connectivity index (χ3n) is 7.43. The average Bonchev–Trinajstić information content (AvgIpc) is 3.57. The van der Waals surface area contributed by atoms with Gasteiger partial charge in [-0.3, -0.25) is 14.5 Å². The summed E-state index contributed by atoms with van der Waals surface area (Å²) in [5, 5.41) is 3.44. The lowest BCUT2D eigenvalue weighted by Gasteiger charge is -2.36. The van der Waals surface area contributed by atoms with Crippen LogP contribution in [-0.2, 0) is 10.3 Å². The van der Waals surface area contributed by atoms with Crippen molar-refractivity contribution in [2.75, 3.05) is 31.5 Å². The Kier molecular flexibility index (Phi) is 6.54. The van der Waals surface area contributed by atoms with E-state index in [1.54, 1.807) is 29.0 Å². The monoisotopic (exact) mass is 611 g/mol. The minimum atomic E-state index is -1.81. The maximum atomic E-state index is 15.5. The predicted octanol–water partition coefficient (Wildman–Crippen LogP) is 5.72. The van der Waals surface area contributed by atoms with Crippen molar-refractivity contribution in [3.63, 3.8) is 0 Å². The van der Waals surface area contributed by atoms with Gasteiger partial charge in [-0.1, -0.05) is 43.1 Å². The van der Waals surface area contributed by atoms with Crippen LogP contribution in [0.1, 0.15) is 46.9 Å². The number of carbonyl (C=O) groups is 2. The molecule has 4 heterocycles. The van der Waals surface area contributed by atoms with Crippen molar-refractivity contribution in [3.05, 3.63) is 80.8 Å². The Bertz CT molecular complexity index is 1780. The summed E-state index contributed by atoms with van der Waals surface area (Å²) in [5.74, 6) is -1.97. The highest BCUT2D eigenvalue weighted by Crippen LogP contribution is 2.56. The number of amides is 2. The quantitative estimate of drug-likeness (QED) is 0.297. The summed E-state index contributed by atoms with van der Waals surface area (Å²) in [6.07, 6.45) is 1.56. The van der Waals surface area contributed by atoms with E-state index in [4.69, 9.17) is 37.4 Å². The van der Waals surface area contributed by atoms with Crippen LogP contribution in [0.2, 0.25) is 10.0 Å². The number of benzene rings is 2. The smallest absolute Gasteiger partial charge is 0.322 e. The molecule has 2 aliphatic rings. The zero-order valence-electron chi connectivity index (χ0n) is 23.1. The molecule has 6 rings (SSSR count). The second kappa shape index (κ2) is 9.88. The predicted molar refractivity (Wildman–Crippen MR) is 154 cm³/mol. The molecule has 2 aromatic heterocycles. The number of methoxy groups -OCH3 is 3. The summed E-state index contributed by atoms with van der Waals surface area (Å²) in [5.41, 5.74) is 0.223. The molecule has 4 aromatic rings. The lowest BCUT2D eigenvalue weighted by molar-refractivity contribution is -0.119. The second-order valence-corrected chi connectivity index (χ2v) is 10.9. The molecule has 0 aliphatic carbocycles. The van der Waals surface area contributed by atoms with Crippen molar-refractivity contribution in [2.45, 2.75) is 25.3 Å². The van der Waals surface area contributed by atoms with Gasteiger partial charge >= 0.3 is 6.01 Å². The molecule has 216 valence electrons. The number of nitrogens with one attached hydrogen (secondary N) is 1. The van der Waals surface area contributed by atoms with Crippen molar-refractivity contribution in [3.8, 4) is 23.5 Å². The van der Waals surface area contributed by atoms with Crippen molar-refractivity contribution in [1.82, 2.24) is 14.5 Å². The van der Waals surface area contributed by atoms with Crippen LogP contribution in [0.15, 0.2) is 42.6 Å². The highest BCUT2D eigenvalue weighted by molar-refractivity contribution is 6.32. The molecule has 1 N–H and O–H groups in total. The summed E-state index contributed by atoms with van der Waals surface area (Å²) in [4.78, 5) is 38.6. The van der Waals surface area contributed by atoms with Gasteiger partial charge in [-0.05, 0) is 36.2 Å². The second-order valence-electron chi connectivity index (χ2n) is 10.00. The maximum absolute atomic E-state index is 15.5. The number of hydrogen-bond donors (Lipinski definition) is 1. The summed E-state index contributed by atoms with van der Waals surface area (Å²) in [7, 11) is 4.27. The standard InChI is InChI=1S/C29H24Cl2FN5O5/c1-13(2)22-21-16(12-36(22)23-24(40-3)34-28(42-5)35-25(23)41-4)26(38)37(20-11-15(31)7-9-18(20)32)29(21)17-8-6-14(30)10-19(17)33-27(29)39/h6-13H,1-5H3,(H,33,39). The zero-order valence-corrected chi connectivity index (χ0v) is 24.6. The minimum absolute atomic E-state index is 0.00868. The number of fused-ring (bicyclic) bond motifs is 4. The molecule has 1 unspecified atom stereocenters. The minimum Gasteiger partial charge on any atom is -0.479 e. The van der Waals surface area contributed by atoms with E-state index in [1.165, 1.54) is 38.4 Å². The fourth-order valence-electron chi connectivity index (χ4n) is 5.87. The van der Waals surface area contributed by atoms with Gasteiger partial charge in [0.1, 0.15) is 5.82 Å². The zero-order chi connectivity index (χ0) is 30.1. The van der Waals surface area contributed by atoms with Gasteiger partial charge in [0, 0.05) is 38.8 Å². The van der Waals surface area contributed by atoms with Gasteiger partial charge in [0.15, 0.2) is 11.2 Å². The number of halogens is 3. The van der Waals surface area contributed by atoms with Crippen LogP contribution >= 0.6 is 23.2 Å². The van der Waals surface area contributed by atoms with Crippen LogP contribution in [0.3, 0.4) is 0 Å². The number of ether oxygens (including phenoxy) is 3. The Morgan fingerprint density at radius 3 is 2.21 bits per heavy atom. The molecular weight excluding hydrogens is 588 g/mol. The van der Waals surface area contributed by atoms with Crippen molar-refractivity contribution >= 4 is 46.4 Å². The van der Waals surface area contributed by atoms with Gasteiger partial charge in [-0.25, -0.2) is 4.39 Å². The normalized spacial score (nSPS) is 17.1. The van der Waals surface area contributed by atoms with Gasteiger partial charge < -0.3 is 24.1 Å². The van der Waals surface area contributed by atoms with Gasteiger partial charge in [-0.2, -0.15) is 9.97 Å². The van der Waals surface area contributed by atoms with E-state index in [0.29, 0.717) is 27.5 Å². The molecule has 2 aliphatic heterocycles. The number of rotatable bonds is 6. The third-order valence-corrected chi connectivity index (χ3v) is 7.90. The first-order chi connectivity index (χ1) is 20.1. The molecule has 0 fully saturated rings. The van der Waals surface area contributed by atoms with Gasteiger partial charge in [0.25, 0.3) is 11.8 Å². The molecule has 0 saturated carbocycles. The largest absolute Gasteiger partial charge is 0.479 e. The molecule has 10 nitrogen and oxygen atoms in total. The Morgan fingerprint density at radius 1 is 0.952 bits per heavy atom. The molecule has 0 saturated heterocycles. The number of aromatic nitrogens is 3. The van der Waals surface area contributed by atoms with E-state index in [1.807, 2.05) is 13.8 Å². The fraction of sp³-hybridized carbons (Fsp3) is 0.241. The van der Waals surface area contributed by atoms with E-state index in [9.17, 15) is 9.59 Å². The highest BCUT2D eigenvalue weighted by Gasteiger charge is 2.63. The van der Waals surface area contributed by atoms with Gasteiger partial charge in [-0.15, -0.1) is 0 Å². The van der Waals surface area contributed by atoms with E-state index < -0.39 is 23.2 Å². The number of nitrogens with zero attached hydrogens (tertiary/aromatic N) is 4. The molecule has 1 atom stereocenters. The first kappa shape index (κ1) is 27.8. The van der Waals surface area contributed by atoms with Crippen LogP contribution in [-0.4, -0.2) is 47.7 Å². The average molecular weight is 612 g/mol. The van der Waals surface area contributed by atoms with E-state index in [-0.39, 0.29) is 45.6 Å². The highest BCUT2D eigenvalue weighted by atomic mass is 35.5. The molecule has 2 amide bonds. The molecule has 0 radical (unpaired) electrons. The molecular formula is C29H24Cl2FN5O5. The summed E-state index contributed by atoms with van der Waals surface area (Å²) in [6, 6.07) is 8.74.